The highest BCUT2D eigenvalue weighted by Gasteiger charge is 2.32. The standard InChI is InChI=1S/C18H24N6O/c1-4-5-6-17-20-18(24(21-17)12(2)13-7-8-13)15-9-16(25-22-15)14-10-19-23(3)11-14/h9-13H,4-8H2,1-3H3. The van der Waals surface area contributed by atoms with Crippen molar-refractivity contribution in [1.82, 2.24) is 29.7 Å². The molecule has 1 atom stereocenters. The molecule has 1 fully saturated rings. The molecule has 132 valence electrons. The SMILES string of the molecule is CCCCc1nc(-c2cc(-c3cnn(C)c3)on2)n(C(C)C2CC2)n1. The van der Waals surface area contributed by atoms with E-state index in [1.807, 2.05) is 24.0 Å². The van der Waals surface area contributed by atoms with Gasteiger partial charge in [-0.15, -0.1) is 0 Å². The largest absolute Gasteiger partial charge is 0.355 e. The molecule has 0 amide bonds. The lowest BCUT2D eigenvalue weighted by molar-refractivity contribution is 0.424. The number of unbranched alkanes of at least 4 members (excludes halogenated alkanes) is 1. The fourth-order valence-corrected chi connectivity index (χ4v) is 3.11. The predicted molar refractivity (Wildman–Crippen MR) is 93.8 cm³/mol. The van der Waals surface area contributed by atoms with E-state index in [2.05, 4.69) is 24.1 Å². The lowest BCUT2D eigenvalue weighted by Crippen LogP contribution is -2.11. The van der Waals surface area contributed by atoms with E-state index in [0.717, 1.165) is 42.2 Å². The maximum absolute atomic E-state index is 5.54. The van der Waals surface area contributed by atoms with Gasteiger partial charge in [-0.25, -0.2) is 9.67 Å². The van der Waals surface area contributed by atoms with E-state index in [0.29, 0.717) is 17.7 Å². The van der Waals surface area contributed by atoms with Crippen LogP contribution in [0.3, 0.4) is 0 Å². The van der Waals surface area contributed by atoms with E-state index in [-0.39, 0.29) is 0 Å². The third-order valence-electron chi connectivity index (χ3n) is 4.85. The molecule has 0 saturated heterocycles. The lowest BCUT2D eigenvalue weighted by Gasteiger charge is -2.12. The predicted octanol–water partition coefficient (Wildman–Crippen LogP) is 3.65. The zero-order chi connectivity index (χ0) is 17.4. The Morgan fingerprint density at radius 3 is 2.88 bits per heavy atom. The van der Waals surface area contributed by atoms with Crippen LogP contribution in [0.25, 0.3) is 22.8 Å². The first kappa shape index (κ1) is 16.1. The molecule has 7 nitrogen and oxygen atoms in total. The summed E-state index contributed by atoms with van der Waals surface area (Å²) in [5.74, 6) is 3.11. The molecular weight excluding hydrogens is 316 g/mol. The molecule has 0 aromatic carbocycles. The van der Waals surface area contributed by atoms with Gasteiger partial charge in [0.15, 0.2) is 23.1 Å². The summed E-state index contributed by atoms with van der Waals surface area (Å²) in [5.41, 5.74) is 1.65. The summed E-state index contributed by atoms with van der Waals surface area (Å²) in [6.45, 7) is 4.41. The van der Waals surface area contributed by atoms with Gasteiger partial charge in [-0.1, -0.05) is 18.5 Å². The fraction of sp³-hybridized carbons (Fsp3) is 0.556. The number of aryl methyl sites for hydroxylation is 2. The van der Waals surface area contributed by atoms with Gasteiger partial charge in [0, 0.05) is 25.7 Å². The van der Waals surface area contributed by atoms with Crippen molar-refractivity contribution in [2.24, 2.45) is 13.0 Å². The van der Waals surface area contributed by atoms with Gasteiger partial charge < -0.3 is 4.52 Å². The minimum atomic E-state index is 0.344. The van der Waals surface area contributed by atoms with Gasteiger partial charge in [-0.3, -0.25) is 4.68 Å². The van der Waals surface area contributed by atoms with Crippen LogP contribution in [-0.4, -0.2) is 29.7 Å². The number of nitrogens with zero attached hydrogens (tertiary/aromatic N) is 6. The monoisotopic (exact) mass is 340 g/mol. The van der Waals surface area contributed by atoms with E-state index in [1.165, 1.54) is 12.8 Å². The van der Waals surface area contributed by atoms with E-state index >= 15 is 0 Å². The van der Waals surface area contributed by atoms with Crippen molar-refractivity contribution < 1.29 is 4.52 Å². The zero-order valence-corrected chi connectivity index (χ0v) is 15.0. The van der Waals surface area contributed by atoms with Gasteiger partial charge in [-0.05, 0) is 32.1 Å². The van der Waals surface area contributed by atoms with Crippen molar-refractivity contribution in [3.8, 4) is 22.8 Å². The molecule has 1 unspecified atom stereocenters. The summed E-state index contributed by atoms with van der Waals surface area (Å²) < 4.78 is 9.33. The topological polar surface area (TPSA) is 74.6 Å². The van der Waals surface area contributed by atoms with Crippen LogP contribution in [0.1, 0.15) is 51.4 Å². The summed E-state index contributed by atoms with van der Waals surface area (Å²) in [5, 5.41) is 13.2. The van der Waals surface area contributed by atoms with Crippen LogP contribution in [0, 0.1) is 5.92 Å². The van der Waals surface area contributed by atoms with E-state index < -0.39 is 0 Å². The van der Waals surface area contributed by atoms with Gasteiger partial charge in [-0.2, -0.15) is 10.2 Å². The van der Waals surface area contributed by atoms with Gasteiger partial charge in [0.05, 0.1) is 17.8 Å². The normalized spacial score (nSPS) is 15.6. The first-order chi connectivity index (χ1) is 12.2. The second kappa shape index (κ2) is 6.46. The molecule has 1 aliphatic carbocycles. The number of rotatable bonds is 7. The molecule has 1 saturated carbocycles. The fourth-order valence-electron chi connectivity index (χ4n) is 3.11. The van der Waals surface area contributed by atoms with E-state index in [4.69, 9.17) is 14.6 Å². The molecule has 4 rings (SSSR count). The van der Waals surface area contributed by atoms with Gasteiger partial charge in [0.2, 0.25) is 0 Å². The summed E-state index contributed by atoms with van der Waals surface area (Å²) in [4.78, 5) is 4.77. The Bertz CT molecular complexity index is 857. The van der Waals surface area contributed by atoms with Crippen LogP contribution in [0.15, 0.2) is 23.0 Å². The Balaban J connectivity index is 1.68. The second-order valence-corrected chi connectivity index (χ2v) is 6.96. The average Bonchev–Trinajstić information content (AvgIpc) is 3.00. The lowest BCUT2D eigenvalue weighted by atomic mass is 10.2. The summed E-state index contributed by atoms with van der Waals surface area (Å²) >= 11 is 0. The van der Waals surface area contributed by atoms with Crippen LogP contribution in [0.4, 0.5) is 0 Å². The van der Waals surface area contributed by atoms with Gasteiger partial charge in [0.1, 0.15) is 0 Å². The molecule has 25 heavy (non-hydrogen) atoms. The van der Waals surface area contributed by atoms with Crippen LogP contribution in [0.5, 0.6) is 0 Å². The third kappa shape index (κ3) is 3.23. The van der Waals surface area contributed by atoms with Crippen molar-refractivity contribution in [1.29, 1.82) is 0 Å². The molecule has 3 aromatic heterocycles. The maximum Gasteiger partial charge on any atom is 0.180 e. The summed E-state index contributed by atoms with van der Waals surface area (Å²) in [6.07, 6.45) is 9.36. The Labute approximate surface area is 147 Å². The minimum Gasteiger partial charge on any atom is -0.355 e. The van der Waals surface area contributed by atoms with Gasteiger partial charge >= 0.3 is 0 Å². The van der Waals surface area contributed by atoms with Crippen LogP contribution >= 0.6 is 0 Å². The highest BCUT2D eigenvalue weighted by molar-refractivity contribution is 5.62. The van der Waals surface area contributed by atoms with Crippen molar-refractivity contribution in [2.75, 3.05) is 0 Å². The average molecular weight is 340 g/mol. The third-order valence-corrected chi connectivity index (χ3v) is 4.85. The molecule has 0 radical (unpaired) electrons. The molecule has 0 spiro atoms. The summed E-state index contributed by atoms with van der Waals surface area (Å²) in [6, 6.07) is 2.28. The van der Waals surface area contributed by atoms with E-state index in [1.54, 1.807) is 10.9 Å². The Morgan fingerprint density at radius 1 is 1.36 bits per heavy atom. The van der Waals surface area contributed by atoms with E-state index in [9.17, 15) is 0 Å². The summed E-state index contributed by atoms with van der Waals surface area (Å²) in [7, 11) is 1.88. The van der Waals surface area contributed by atoms with Crippen LogP contribution < -0.4 is 0 Å². The molecule has 7 heteroatoms. The first-order valence-corrected chi connectivity index (χ1v) is 9.07. The molecular formula is C18H24N6O. The Hall–Kier alpha value is -2.44. The molecule has 1 aliphatic rings. The van der Waals surface area contributed by atoms with Crippen molar-refractivity contribution >= 4 is 0 Å². The number of aromatic nitrogens is 6. The first-order valence-electron chi connectivity index (χ1n) is 9.07. The minimum absolute atomic E-state index is 0.344. The molecule has 0 bridgehead atoms. The number of hydrogen-bond donors (Lipinski definition) is 0. The number of hydrogen-bond acceptors (Lipinski definition) is 5. The molecule has 3 aromatic rings. The Kier molecular flexibility index (Phi) is 4.15. The Morgan fingerprint density at radius 2 is 2.20 bits per heavy atom. The molecule has 3 heterocycles. The van der Waals surface area contributed by atoms with Crippen LogP contribution in [-0.2, 0) is 13.5 Å². The van der Waals surface area contributed by atoms with Gasteiger partial charge in [0.25, 0.3) is 0 Å². The smallest absolute Gasteiger partial charge is 0.180 e. The highest BCUT2D eigenvalue weighted by Crippen LogP contribution is 2.40. The molecule has 0 N–H and O–H groups in total. The van der Waals surface area contributed by atoms with Crippen molar-refractivity contribution in [3.63, 3.8) is 0 Å². The van der Waals surface area contributed by atoms with Crippen molar-refractivity contribution in [3.05, 3.63) is 24.3 Å². The quantitative estimate of drug-likeness (QED) is 0.656. The zero-order valence-electron chi connectivity index (χ0n) is 15.0. The molecule has 0 aliphatic heterocycles. The highest BCUT2D eigenvalue weighted by atomic mass is 16.5. The maximum atomic E-state index is 5.54. The van der Waals surface area contributed by atoms with Crippen LogP contribution in [0.2, 0.25) is 0 Å². The second-order valence-electron chi connectivity index (χ2n) is 6.96. The van der Waals surface area contributed by atoms with Crippen molar-refractivity contribution in [2.45, 2.75) is 52.0 Å².